The number of benzene rings is 1. The fourth-order valence-corrected chi connectivity index (χ4v) is 8.72. The number of esters is 1. The van der Waals surface area contributed by atoms with E-state index in [1.165, 1.54) is 14.0 Å². The summed E-state index contributed by atoms with van der Waals surface area (Å²) in [5.41, 5.74) is -5.25. The smallest absolute Gasteiger partial charge is 0.410 e. The molecule has 1 aliphatic carbocycles. The summed E-state index contributed by atoms with van der Waals surface area (Å²) >= 11 is 0. The van der Waals surface area contributed by atoms with Crippen molar-refractivity contribution in [3.8, 4) is 0 Å². The number of likely N-dealkylation sites (N-methyl/N-ethyl adjacent to an activating group) is 2. The lowest BCUT2D eigenvalue weighted by Crippen LogP contribution is -2.71. The van der Waals surface area contributed by atoms with Gasteiger partial charge < -0.3 is 89.2 Å². The summed E-state index contributed by atoms with van der Waals surface area (Å²) in [5.74, 6) is -1.52. The van der Waals surface area contributed by atoms with E-state index in [4.69, 9.17) is 42.6 Å². The predicted molar refractivity (Wildman–Crippen MR) is 275 cm³/mol. The van der Waals surface area contributed by atoms with Crippen molar-refractivity contribution in [3.63, 3.8) is 0 Å². The van der Waals surface area contributed by atoms with Crippen LogP contribution in [0.5, 0.6) is 0 Å². The Labute approximate surface area is 451 Å². The van der Waals surface area contributed by atoms with Crippen LogP contribution in [0.15, 0.2) is 30.3 Å². The van der Waals surface area contributed by atoms with Crippen molar-refractivity contribution < 1.29 is 91.8 Å². The first-order valence-electron chi connectivity index (χ1n) is 25.9. The first kappa shape index (κ1) is 64.4. The monoisotopic (exact) mass is 1100 g/mol. The van der Waals surface area contributed by atoms with Gasteiger partial charge in [0.15, 0.2) is 12.6 Å². The van der Waals surface area contributed by atoms with Crippen LogP contribution in [0.3, 0.4) is 0 Å². The second kappa shape index (κ2) is 26.7. The predicted octanol–water partition coefficient (Wildman–Crippen LogP) is 3.02. The zero-order valence-corrected chi connectivity index (χ0v) is 47.3. The van der Waals surface area contributed by atoms with Crippen LogP contribution < -0.4 is 21.3 Å². The number of hydrogen-bond donors (Lipinski definition) is 8. The zero-order chi connectivity index (χ0) is 58.0. The SMILES string of the molecule is CN(CCOC(=O)c1ccccc1)[C@@H]1CC[C@@H](NC(=O)OC(C)(C)C)[C@H](O[C@H]2[C@H](O)[C@@H](O[C@H]3OC[C@](C)(O)[C@H](N(C)C(=O)OC(C)(C)C)[C@H]3O)[C@H](NC(=O)[C@@H](O)CCNC(=O)OC(C)(C)C)C[C@@H]2NC(=O)OC(C)(C)C)O1. The number of carbonyl (C=O) groups is 6. The number of amides is 5. The molecule has 3 aliphatic rings. The normalized spacial score (nSPS) is 28.5. The van der Waals surface area contributed by atoms with Gasteiger partial charge >= 0.3 is 30.3 Å². The van der Waals surface area contributed by atoms with Gasteiger partial charge in [0.05, 0.1) is 36.3 Å². The third-order valence-corrected chi connectivity index (χ3v) is 12.1. The molecule has 0 radical (unpaired) electrons. The van der Waals surface area contributed by atoms with E-state index in [9.17, 15) is 49.2 Å². The fourth-order valence-electron chi connectivity index (χ4n) is 8.72. The lowest BCUT2D eigenvalue weighted by atomic mass is 9.82. The summed E-state index contributed by atoms with van der Waals surface area (Å²) in [7, 11) is 3.03. The highest BCUT2D eigenvalue weighted by Gasteiger charge is 2.55. The third-order valence-electron chi connectivity index (χ3n) is 12.1. The highest BCUT2D eigenvalue weighted by Crippen LogP contribution is 2.35. The molecule has 5 amide bonds. The minimum Gasteiger partial charge on any atom is -0.461 e. The van der Waals surface area contributed by atoms with E-state index < -0.39 is 144 Å². The molecule has 0 spiro atoms. The molecule has 0 bridgehead atoms. The molecule has 8 N–H and O–H groups in total. The zero-order valence-electron chi connectivity index (χ0n) is 47.3. The summed E-state index contributed by atoms with van der Waals surface area (Å²) in [6.45, 7) is 20.6. The van der Waals surface area contributed by atoms with Gasteiger partial charge in [0.25, 0.3) is 0 Å². The van der Waals surface area contributed by atoms with Gasteiger partial charge in [0.2, 0.25) is 5.91 Å². The van der Waals surface area contributed by atoms with Gasteiger partial charge in [0.1, 0.15) is 71.4 Å². The second-order valence-electron chi connectivity index (χ2n) is 23.9. The van der Waals surface area contributed by atoms with Crippen molar-refractivity contribution in [2.24, 2.45) is 0 Å². The summed E-state index contributed by atoms with van der Waals surface area (Å²) in [6, 6.07) is 3.39. The van der Waals surface area contributed by atoms with E-state index >= 15 is 0 Å². The molecule has 1 aromatic rings. The summed E-state index contributed by atoms with van der Waals surface area (Å²) in [6.07, 6.45) is -16.3. The highest BCUT2D eigenvalue weighted by atomic mass is 16.7. The molecule has 13 atom stereocenters. The number of nitrogens with zero attached hydrogens (tertiary/aromatic N) is 2. The Kier molecular flexibility index (Phi) is 22.3. The minimum atomic E-state index is -1.93. The van der Waals surface area contributed by atoms with E-state index in [0.29, 0.717) is 12.0 Å². The number of carbonyl (C=O) groups excluding carboxylic acids is 6. The quantitative estimate of drug-likeness (QED) is 0.0821. The molecule has 2 heterocycles. The van der Waals surface area contributed by atoms with E-state index in [0.717, 1.165) is 4.90 Å². The van der Waals surface area contributed by atoms with Gasteiger partial charge in [0, 0.05) is 20.1 Å². The Morgan fingerprint density at radius 1 is 0.714 bits per heavy atom. The van der Waals surface area contributed by atoms with Crippen molar-refractivity contribution in [1.82, 2.24) is 31.1 Å². The number of rotatable bonds is 17. The van der Waals surface area contributed by atoms with Crippen LogP contribution in [-0.2, 0) is 47.4 Å². The Bertz CT molecular complexity index is 2120. The topological polar surface area (TPSA) is 321 Å². The maximum Gasteiger partial charge on any atom is 0.410 e. The van der Waals surface area contributed by atoms with Crippen LogP contribution >= 0.6 is 0 Å². The molecule has 2 aliphatic heterocycles. The molecule has 1 aromatic carbocycles. The van der Waals surface area contributed by atoms with Crippen LogP contribution in [0.1, 0.15) is 126 Å². The molecule has 3 fully saturated rings. The molecule has 438 valence electrons. The maximum atomic E-state index is 13.9. The molecular formula is C52H86N6O19. The van der Waals surface area contributed by atoms with E-state index in [1.807, 2.05) is 0 Å². The molecular weight excluding hydrogens is 1010 g/mol. The van der Waals surface area contributed by atoms with Crippen LogP contribution in [0.25, 0.3) is 0 Å². The number of ether oxygens (including phenoxy) is 9. The molecule has 77 heavy (non-hydrogen) atoms. The molecule has 2 saturated heterocycles. The summed E-state index contributed by atoms with van der Waals surface area (Å²) < 4.78 is 53.1. The number of aliphatic hydroxyl groups is 4. The van der Waals surface area contributed by atoms with E-state index in [1.54, 1.807) is 125 Å². The van der Waals surface area contributed by atoms with Gasteiger partial charge in [-0.2, -0.15) is 0 Å². The first-order valence-corrected chi connectivity index (χ1v) is 25.9. The average Bonchev–Trinajstić information content (AvgIpc) is 3.27. The van der Waals surface area contributed by atoms with Gasteiger partial charge in [-0.3, -0.25) is 9.69 Å². The number of nitrogens with one attached hydrogen (secondary N) is 4. The largest absolute Gasteiger partial charge is 0.461 e. The maximum absolute atomic E-state index is 13.9. The molecule has 4 rings (SSSR count). The van der Waals surface area contributed by atoms with Crippen LogP contribution in [0, 0.1) is 0 Å². The molecule has 1 saturated carbocycles. The second-order valence-corrected chi connectivity index (χ2v) is 23.9. The van der Waals surface area contributed by atoms with Gasteiger partial charge in [-0.15, -0.1) is 0 Å². The van der Waals surface area contributed by atoms with Gasteiger partial charge in [-0.25, -0.2) is 24.0 Å². The average molecular weight is 1100 g/mol. The molecule has 0 aromatic heterocycles. The minimum absolute atomic E-state index is 0.0293. The standard InChI is InChI=1S/C52H86N6O19/c1-48(2,3)74-44(64)53-24-23-33(59)40(62)54-31-27-32(56-46(66)76-50(7,8)9)38(35(60)37(31)73-43-36(61)39(52(13,68)28-70-43)58(15)47(67)77-51(10,11)12)72-42-30(55-45(65)75-49(4,5)6)21-22-34(71-42)57(14)25-26-69-41(63)29-19-17-16-18-20-29/h16-20,30-39,42-43,59-61,68H,21-28H2,1-15H3,(H,53,64)(H,54,62)(H,55,65)(H,56,66)/t30-,31-,32+,33+,34+,35-,36-,37+,38-,39-,42+,43-,52+/m1/s1. The van der Waals surface area contributed by atoms with Gasteiger partial charge in [-0.05, 0) is 135 Å². The molecule has 25 nitrogen and oxygen atoms in total. The Morgan fingerprint density at radius 3 is 1.79 bits per heavy atom. The van der Waals surface area contributed by atoms with Crippen molar-refractivity contribution in [1.29, 1.82) is 0 Å². The van der Waals surface area contributed by atoms with E-state index in [-0.39, 0.29) is 39.0 Å². The number of aliphatic hydroxyl groups excluding tert-OH is 3. The van der Waals surface area contributed by atoms with E-state index in [2.05, 4.69) is 21.3 Å². The van der Waals surface area contributed by atoms with Crippen molar-refractivity contribution in [2.45, 2.75) is 217 Å². The summed E-state index contributed by atoms with van der Waals surface area (Å²) in [5, 5.41) is 58.1. The fraction of sp³-hybridized carbons (Fsp3) is 0.769. The Balaban J connectivity index is 1.74. The number of hydrogen-bond acceptors (Lipinski definition) is 20. The Hall–Kier alpha value is -5.12. The first-order chi connectivity index (χ1) is 35.4. The van der Waals surface area contributed by atoms with Crippen LogP contribution in [0.4, 0.5) is 19.2 Å². The highest BCUT2D eigenvalue weighted by molar-refractivity contribution is 5.89. The lowest BCUT2D eigenvalue weighted by Gasteiger charge is -2.51. The van der Waals surface area contributed by atoms with Crippen LogP contribution in [-0.4, -0.2) is 208 Å². The van der Waals surface area contributed by atoms with Crippen molar-refractivity contribution in [2.75, 3.05) is 40.4 Å². The van der Waals surface area contributed by atoms with Crippen LogP contribution in [0.2, 0.25) is 0 Å². The van der Waals surface area contributed by atoms with Crippen molar-refractivity contribution in [3.05, 3.63) is 35.9 Å². The van der Waals surface area contributed by atoms with Crippen molar-refractivity contribution >= 4 is 36.2 Å². The van der Waals surface area contributed by atoms with Gasteiger partial charge in [-0.1, -0.05) is 18.2 Å². The molecule has 25 heteroatoms. The number of alkyl carbamates (subject to hydrolysis) is 3. The molecule has 0 unspecified atom stereocenters. The summed E-state index contributed by atoms with van der Waals surface area (Å²) in [4.78, 5) is 82.2. The Morgan fingerprint density at radius 2 is 1.23 bits per heavy atom. The third kappa shape index (κ3) is 20.6. The lowest BCUT2D eigenvalue weighted by molar-refractivity contribution is -0.317.